The zero-order chi connectivity index (χ0) is 28.0. The van der Waals surface area contributed by atoms with Crippen LogP contribution in [-0.4, -0.2) is 36.7 Å². The Balaban J connectivity index is 2.23. The first-order valence-corrected chi connectivity index (χ1v) is 13.2. The summed E-state index contributed by atoms with van der Waals surface area (Å²) in [5.41, 5.74) is 2.04. The summed E-state index contributed by atoms with van der Waals surface area (Å²) in [4.78, 5) is 30.5. The first-order chi connectivity index (χ1) is 18.1. The van der Waals surface area contributed by atoms with Crippen molar-refractivity contribution in [2.75, 3.05) is 19.8 Å². The van der Waals surface area contributed by atoms with E-state index in [1.165, 1.54) is 12.1 Å². The minimum Gasteiger partial charge on any atom is -0.490 e. The third-order valence-corrected chi connectivity index (χ3v) is 6.48. The van der Waals surface area contributed by atoms with E-state index in [0.29, 0.717) is 38.5 Å². The van der Waals surface area contributed by atoms with Crippen LogP contribution in [0.15, 0.2) is 34.8 Å². The fourth-order valence-corrected chi connectivity index (χ4v) is 4.75. The van der Waals surface area contributed by atoms with E-state index >= 15 is 0 Å². The Morgan fingerprint density at radius 2 is 1.55 bits per heavy atom. The molecule has 0 aliphatic rings. The van der Waals surface area contributed by atoms with Crippen LogP contribution < -0.4 is 9.47 Å². The summed E-state index contributed by atoms with van der Waals surface area (Å²) in [6.45, 7) is 8.94. The highest BCUT2D eigenvalue weighted by Gasteiger charge is 2.29. The predicted molar refractivity (Wildman–Crippen MR) is 146 cm³/mol. The van der Waals surface area contributed by atoms with Gasteiger partial charge >= 0.3 is 11.9 Å². The first-order valence-electron chi connectivity index (χ1n) is 12.0. The number of rotatable bonds is 10. The topological polar surface area (TPSA) is 84.0 Å². The predicted octanol–water partition coefficient (Wildman–Crippen LogP) is 7.25. The van der Waals surface area contributed by atoms with E-state index in [-0.39, 0.29) is 48.1 Å². The second-order valence-electron chi connectivity index (χ2n) is 8.06. The van der Waals surface area contributed by atoms with E-state index < -0.39 is 17.8 Å². The monoisotopic (exact) mass is 607 g/mol. The normalized spacial score (nSPS) is 10.7. The third-order valence-electron chi connectivity index (χ3n) is 5.54. The number of hydrogen-bond donors (Lipinski definition) is 0. The molecule has 0 amide bonds. The van der Waals surface area contributed by atoms with E-state index in [2.05, 4.69) is 20.9 Å². The zero-order valence-electron chi connectivity index (χ0n) is 21.7. The van der Waals surface area contributed by atoms with E-state index in [1.807, 2.05) is 0 Å². The Morgan fingerprint density at radius 3 is 2.08 bits per heavy atom. The molecule has 0 fully saturated rings. The van der Waals surface area contributed by atoms with Crippen molar-refractivity contribution in [3.05, 3.63) is 73.7 Å². The second-order valence-corrected chi connectivity index (χ2v) is 9.32. The summed E-state index contributed by atoms with van der Waals surface area (Å²) in [5, 5.41) is 0.233. The van der Waals surface area contributed by atoms with Crippen LogP contribution in [0.5, 0.6) is 11.5 Å². The summed E-state index contributed by atoms with van der Waals surface area (Å²) < 4.78 is 37.2. The highest BCUT2D eigenvalue weighted by Crippen LogP contribution is 2.43. The van der Waals surface area contributed by atoms with Gasteiger partial charge in [0.05, 0.1) is 51.8 Å². The molecule has 0 saturated heterocycles. The maximum absolute atomic E-state index is 14.3. The summed E-state index contributed by atoms with van der Waals surface area (Å²) in [5.74, 6) is -1.14. The van der Waals surface area contributed by atoms with Crippen molar-refractivity contribution < 1.29 is 32.9 Å². The Morgan fingerprint density at radius 1 is 0.947 bits per heavy atom. The van der Waals surface area contributed by atoms with Crippen LogP contribution in [-0.2, 0) is 16.1 Å². The molecule has 7 nitrogen and oxygen atoms in total. The molecule has 10 heteroatoms. The number of nitrogens with zero attached hydrogens (tertiary/aromatic N) is 1. The molecular formula is C28H28BrClFNO6. The standard InChI is InChI=1S/C28H28BrClFNO6/c1-6-35-22-13-17(12-19(29)26(22)38-14-18-20(30)10-9-11-21(18)31)25-23(27(33)36-7-2)15(4)32-16(5)24(25)28(34)37-8-3/h9-13H,6-8,14H2,1-5H3. The van der Waals surface area contributed by atoms with Crippen LogP contribution in [0.3, 0.4) is 0 Å². The molecule has 0 atom stereocenters. The van der Waals surface area contributed by atoms with Gasteiger partial charge in [-0.1, -0.05) is 17.7 Å². The van der Waals surface area contributed by atoms with Gasteiger partial charge in [-0.05, 0) is 80.4 Å². The minimum absolute atomic E-state index is 0.138. The van der Waals surface area contributed by atoms with Gasteiger partial charge in [-0.15, -0.1) is 0 Å². The molecule has 2 aromatic carbocycles. The number of carbonyl (C=O) groups excluding carboxylic acids is 2. The smallest absolute Gasteiger partial charge is 0.340 e. The van der Waals surface area contributed by atoms with Crippen molar-refractivity contribution in [3.8, 4) is 22.6 Å². The molecule has 1 heterocycles. The van der Waals surface area contributed by atoms with Gasteiger partial charge in [0, 0.05) is 11.1 Å². The summed E-state index contributed by atoms with van der Waals surface area (Å²) in [6.07, 6.45) is 0. The van der Waals surface area contributed by atoms with Crippen molar-refractivity contribution in [1.29, 1.82) is 0 Å². The Bertz CT molecular complexity index is 1300. The average molecular weight is 609 g/mol. The van der Waals surface area contributed by atoms with Gasteiger partial charge in [-0.3, -0.25) is 4.98 Å². The molecule has 0 saturated carbocycles. The molecule has 0 bridgehead atoms. The number of aryl methyl sites for hydroxylation is 2. The number of esters is 2. The Labute approximate surface area is 234 Å². The van der Waals surface area contributed by atoms with Crippen molar-refractivity contribution >= 4 is 39.5 Å². The molecule has 0 aliphatic heterocycles. The maximum Gasteiger partial charge on any atom is 0.340 e. The van der Waals surface area contributed by atoms with Crippen LogP contribution in [0.25, 0.3) is 11.1 Å². The largest absolute Gasteiger partial charge is 0.490 e. The van der Waals surface area contributed by atoms with Crippen LogP contribution in [0.1, 0.15) is 58.4 Å². The summed E-state index contributed by atoms with van der Waals surface area (Å²) in [7, 11) is 0. The fourth-order valence-electron chi connectivity index (χ4n) is 3.97. The van der Waals surface area contributed by atoms with Gasteiger partial charge in [0.1, 0.15) is 12.4 Å². The van der Waals surface area contributed by atoms with Crippen molar-refractivity contribution in [2.24, 2.45) is 0 Å². The van der Waals surface area contributed by atoms with Crippen LogP contribution in [0.4, 0.5) is 4.39 Å². The fraction of sp³-hybridized carbons (Fsp3) is 0.321. The highest BCUT2D eigenvalue weighted by atomic mass is 79.9. The Kier molecular flexibility index (Phi) is 10.1. The number of hydrogen-bond acceptors (Lipinski definition) is 7. The lowest BCUT2D eigenvalue weighted by Gasteiger charge is -2.20. The molecule has 3 rings (SSSR count). The maximum atomic E-state index is 14.3. The number of aromatic nitrogens is 1. The molecule has 1 aromatic heterocycles. The van der Waals surface area contributed by atoms with Gasteiger partial charge in [-0.25, -0.2) is 14.0 Å². The van der Waals surface area contributed by atoms with Gasteiger partial charge in [0.2, 0.25) is 0 Å². The minimum atomic E-state index is -0.623. The van der Waals surface area contributed by atoms with E-state index in [4.69, 9.17) is 30.5 Å². The summed E-state index contributed by atoms with van der Waals surface area (Å²) >= 11 is 9.68. The van der Waals surface area contributed by atoms with E-state index in [1.54, 1.807) is 52.8 Å². The molecule has 3 aromatic rings. The third kappa shape index (κ3) is 6.27. The quantitative estimate of drug-likeness (QED) is 0.224. The molecule has 202 valence electrons. The number of ether oxygens (including phenoxy) is 4. The SMILES string of the molecule is CCOC(=O)c1c(C)nc(C)c(C(=O)OCC)c1-c1cc(Br)c(OCc2c(F)cccc2Cl)c(OCC)c1. The highest BCUT2D eigenvalue weighted by molar-refractivity contribution is 9.10. The number of benzene rings is 2. The Hall–Kier alpha value is -3.17. The lowest BCUT2D eigenvalue weighted by Crippen LogP contribution is -2.17. The first kappa shape index (κ1) is 29.4. The van der Waals surface area contributed by atoms with Crippen LogP contribution in [0.2, 0.25) is 5.02 Å². The molecule has 0 spiro atoms. The second kappa shape index (κ2) is 13.1. The lowest BCUT2D eigenvalue weighted by atomic mass is 9.92. The van der Waals surface area contributed by atoms with Crippen LogP contribution >= 0.6 is 27.5 Å². The van der Waals surface area contributed by atoms with E-state index in [9.17, 15) is 14.0 Å². The lowest BCUT2D eigenvalue weighted by molar-refractivity contribution is 0.0525. The molecule has 0 unspecified atom stereocenters. The van der Waals surface area contributed by atoms with Crippen molar-refractivity contribution in [3.63, 3.8) is 0 Å². The van der Waals surface area contributed by atoms with Gasteiger partial charge in [-0.2, -0.15) is 0 Å². The number of halogens is 3. The number of pyridine rings is 1. The molecule has 0 radical (unpaired) electrons. The zero-order valence-corrected chi connectivity index (χ0v) is 24.1. The molecule has 38 heavy (non-hydrogen) atoms. The molecular weight excluding hydrogens is 581 g/mol. The van der Waals surface area contributed by atoms with E-state index in [0.717, 1.165) is 0 Å². The summed E-state index contributed by atoms with van der Waals surface area (Å²) in [6, 6.07) is 7.71. The average Bonchev–Trinajstić information content (AvgIpc) is 2.84. The van der Waals surface area contributed by atoms with Crippen LogP contribution in [0, 0.1) is 19.7 Å². The van der Waals surface area contributed by atoms with Gasteiger partial charge in [0.15, 0.2) is 11.5 Å². The number of carbonyl (C=O) groups is 2. The van der Waals surface area contributed by atoms with Gasteiger partial charge < -0.3 is 18.9 Å². The van der Waals surface area contributed by atoms with Crippen molar-refractivity contribution in [1.82, 2.24) is 4.98 Å². The van der Waals surface area contributed by atoms with Crippen molar-refractivity contribution in [2.45, 2.75) is 41.2 Å². The van der Waals surface area contributed by atoms with Gasteiger partial charge in [0.25, 0.3) is 0 Å². The molecule has 0 N–H and O–H groups in total. The molecule has 0 aliphatic carbocycles.